The third-order valence-electron chi connectivity index (χ3n) is 2.58. The maximum atomic E-state index is 11.4. The second-order valence-electron chi connectivity index (χ2n) is 5.42. The number of nitrogens with one attached hydrogen (secondary N) is 1. The number of halogens is 1. The van der Waals surface area contributed by atoms with Gasteiger partial charge >= 0.3 is 5.97 Å². The van der Waals surface area contributed by atoms with Crippen LogP contribution in [0.2, 0.25) is 5.02 Å². The lowest BCUT2D eigenvalue weighted by atomic mass is 9.92. The van der Waals surface area contributed by atoms with E-state index in [2.05, 4.69) is 30.8 Å². The molecule has 0 bridgehead atoms. The molecule has 3 nitrogen and oxygen atoms in total. The number of rotatable bonds is 4. The van der Waals surface area contributed by atoms with Gasteiger partial charge in [-0.2, -0.15) is 0 Å². The zero-order valence-electron chi connectivity index (χ0n) is 11.3. The van der Waals surface area contributed by atoms with Gasteiger partial charge < -0.3 is 10.1 Å². The van der Waals surface area contributed by atoms with E-state index in [4.69, 9.17) is 11.6 Å². The minimum atomic E-state index is -0.356. The Kier molecular flexibility index (Phi) is 5.03. The van der Waals surface area contributed by atoms with E-state index in [9.17, 15) is 4.79 Å². The first kappa shape index (κ1) is 14.8. The highest BCUT2D eigenvalue weighted by Crippen LogP contribution is 2.25. The molecular weight excluding hydrogens is 250 g/mol. The Morgan fingerprint density at radius 3 is 2.61 bits per heavy atom. The zero-order chi connectivity index (χ0) is 13.8. The van der Waals surface area contributed by atoms with Crippen LogP contribution in [0.5, 0.6) is 0 Å². The molecule has 1 N–H and O–H groups in total. The van der Waals surface area contributed by atoms with Crippen LogP contribution in [0.1, 0.15) is 37.6 Å². The predicted molar refractivity (Wildman–Crippen MR) is 75.4 cm³/mol. The van der Waals surface area contributed by atoms with Gasteiger partial charge in [0.05, 0.1) is 23.4 Å². The second kappa shape index (κ2) is 6.10. The van der Waals surface area contributed by atoms with E-state index in [0.717, 1.165) is 18.7 Å². The number of hydrogen-bond acceptors (Lipinski definition) is 3. The molecule has 0 atom stereocenters. The number of anilines is 1. The zero-order valence-corrected chi connectivity index (χ0v) is 12.1. The SMILES string of the molecule is COC(=O)c1ccc(Cl)c(NCCC(C)(C)C)c1. The first-order valence-electron chi connectivity index (χ1n) is 5.95. The summed E-state index contributed by atoms with van der Waals surface area (Å²) >= 11 is 6.08. The third kappa shape index (κ3) is 4.57. The predicted octanol–water partition coefficient (Wildman–Crippen LogP) is 3.97. The Hall–Kier alpha value is -1.22. The van der Waals surface area contributed by atoms with Crippen molar-refractivity contribution in [2.75, 3.05) is 19.0 Å². The van der Waals surface area contributed by atoms with Crippen molar-refractivity contribution in [1.29, 1.82) is 0 Å². The maximum absolute atomic E-state index is 11.4. The van der Waals surface area contributed by atoms with Crippen LogP contribution in [0.15, 0.2) is 18.2 Å². The van der Waals surface area contributed by atoms with Crippen LogP contribution < -0.4 is 5.32 Å². The maximum Gasteiger partial charge on any atom is 0.337 e. The van der Waals surface area contributed by atoms with Gasteiger partial charge in [-0.1, -0.05) is 32.4 Å². The Morgan fingerprint density at radius 1 is 1.39 bits per heavy atom. The van der Waals surface area contributed by atoms with Crippen molar-refractivity contribution in [3.8, 4) is 0 Å². The van der Waals surface area contributed by atoms with E-state index in [-0.39, 0.29) is 11.4 Å². The number of hydrogen-bond donors (Lipinski definition) is 1. The van der Waals surface area contributed by atoms with Gasteiger partial charge in [-0.05, 0) is 30.0 Å². The van der Waals surface area contributed by atoms with Gasteiger partial charge in [-0.3, -0.25) is 0 Å². The van der Waals surface area contributed by atoms with Crippen LogP contribution in [0.3, 0.4) is 0 Å². The molecule has 1 aromatic rings. The summed E-state index contributed by atoms with van der Waals surface area (Å²) in [5.41, 5.74) is 1.53. The van der Waals surface area contributed by atoms with Crippen molar-refractivity contribution >= 4 is 23.3 Å². The molecule has 0 saturated heterocycles. The summed E-state index contributed by atoms with van der Waals surface area (Å²) in [6.07, 6.45) is 1.02. The molecule has 0 saturated carbocycles. The van der Waals surface area contributed by atoms with Crippen molar-refractivity contribution in [3.63, 3.8) is 0 Å². The van der Waals surface area contributed by atoms with Crippen LogP contribution >= 0.6 is 11.6 Å². The fourth-order valence-electron chi connectivity index (χ4n) is 1.48. The highest BCUT2D eigenvalue weighted by Gasteiger charge is 2.11. The number of ether oxygens (including phenoxy) is 1. The van der Waals surface area contributed by atoms with Gasteiger partial charge in [0.15, 0.2) is 0 Å². The van der Waals surface area contributed by atoms with Gasteiger partial charge in [0, 0.05) is 6.54 Å². The van der Waals surface area contributed by atoms with Crippen LogP contribution in [0.25, 0.3) is 0 Å². The normalized spacial score (nSPS) is 11.2. The molecule has 0 amide bonds. The van der Waals surface area contributed by atoms with Crippen LogP contribution in [0, 0.1) is 5.41 Å². The molecule has 0 aliphatic heterocycles. The van der Waals surface area contributed by atoms with Gasteiger partial charge in [-0.25, -0.2) is 4.79 Å². The summed E-state index contributed by atoms with van der Waals surface area (Å²) in [5.74, 6) is -0.356. The average molecular weight is 270 g/mol. The molecule has 100 valence electrons. The van der Waals surface area contributed by atoms with Crippen molar-refractivity contribution < 1.29 is 9.53 Å². The molecule has 0 spiro atoms. The van der Waals surface area contributed by atoms with E-state index in [1.165, 1.54) is 7.11 Å². The molecule has 0 aliphatic carbocycles. The summed E-state index contributed by atoms with van der Waals surface area (Å²) in [7, 11) is 1.36. The Bertz CT molecular complexity index is 424. The minimum Gasteiger partial charge on any atom is -0.465 e. The summed E-state index contributed by atoms with van der Waals surface area (Å²) in [6, 6.07) is 5.08. The van der Waals surface area contributed by atoms with Crippen LogP contribution in [0.4, 0.5) is 5.69 Å². The Morgan fingerprint density at radius 2 is 2.06 bits per heavy atom. The lowest BCUT2D eigenvalue weighted by Crippen LogP contribution is -2.13. The standard InChI is InChI=1S/C14H20ClNO2/c1-14(2,3)7-8-16-12-9-10(13(17)18-4)5-6-11(12)15/h5-6,9,16H,7-8H2,1-4H3. The van der Waals surface area contributed by atoms with Crippen molar-refractivity contribution in [2.24, 2.45) is 5.41 Å². The molecule has 0 aromatic heterocycles. The third-order valence-corrected chi connectivity index (χ3v) is 2.91. The van der Waals surface area contributed by atoms with E-state index >= 15 is 0 Å². The fraction of sp³-hybridized carbons (Fsp3) is 0.500. The van der Waals surface area contributed by atoms with E-state index < -0.39 is 0 Å². The molecular formula is C14H20ClNO2. The molecule has 0 heterocycles. The number of carbonyl (C=O) groups is 1. The van der Waals surface area contributed by atoms with Gasteiger partial charge in [0.2, 0.25) is 0 Å². The summed E-state index contributed by atoms with van der Waals surface area (Å²) in [4.78, 5) is 11.4. The number of carbonyl (C=O) groups excluding carboxylic acids is 1. The highest BCUT2D eigenvalue weighted by atomic mass is 35.5. The summed E-state index contributed by atoms with van der Waals surface area (Å²) in [5, 5.41) is 3.86. The first-order valence-corrected chi connectivity index (χ1v) is 6.33. The van der Waals surface area contributed by atoms with E-state index in [1.807, 2.05) is 0 Å². The lowest BCUT2D eigenvalue weighted by Gasteiger charge is -2.19. The van der Waals surface area contributed by atoms with Crippen LogP contribution in [-0.4, -0.2) is 19.6 Å². The molecule has 0 unspecified atom stereocenters. The number of methoxy groups -OCH3 is 1. The fourth-order valence-corrected chi connectivity index (χ4v) is 1.66. The van der Waals surface area contributed by atoms with Gasteiger partial charge in [0.1, 0.15) is 0 Å². The second-order valence-corrected chi connectivity index (χ2v) is 5.83. The van der Waals surface area contributed by atoms with Crippen LogP contribution in [-0.2, 0) is 4.74 Å². The molecule has 1 aromatic carbocycles. The number of benzene rings is 1. The number of esters is 1. The average Bonchev–Trinajstić information content (AvgIpc) is 2.29. The molecule has 0 fully saturated rings. The van der Waals surface area contributed by atoms with E-state index in [0.29, 0.717) is 10.6 Å². The van der Waals surface area contributed by atoms with Crippen molar-refractivity contribution in [1.82, 2.24) is 0 Å². The Labute approximate surface area is 113 Å². The highest BCUT2D eigenvalue weighted by molar-refractivity contribution is 6.33. The smallest absolute Gasteiger partial charge is 0.337 e. The quantitative estimate of drug-likeness (QED) is 0.841. The molecule has 4 heteroatoms. The lowest BCUT2D eigenvalue weighted by molar-refractivity contribution is 0.0601. The topological polar surface area (TPSA) is 38.3 Å². The Balaban J connectivity index is 2.73. The monoisotopic (exact) mass is 269 g/mol. The molecule has 0 radical (unpaired) electrons. The van der Waals surface area contributed by atoms with Gasteiger partial charge in [0.25, 0.3) is 0 Å². The van der Waals surface area contributed by atoms with E-state index in [1.54, 1.807) is 18.2 Å². The summed E-state index contributed by atoms with van der Waals surface area (Å²) in [6.45, 7) is 7.36. The largest absolute Gasteiger partial charge is 0.465 e. The molecule has 18 heavy (non-hydrogen) atoms. The molecule has 1 rings (SSSR count). The summed E-state index contributed by atoms with van der Waals surface area (Å²) < 4.78 is 4.68. The first-order chi connectivity index (χ1) is 8.33. The van der Waals surface area contributed by atoms with Crippen molar-refractivity contribution in [2.45, 2.75) is 27.2 Å². The minimum absolute atomic E-state index is 0.263. The van der Waals surface area contributed by atoms with Gasteiger partial charge in [-0.15, -0.1) is 0 Å². The molecule has 0 aliphatic rings. The van der Waals surface area contributed by atoms with Crippen molar-refractivity contribution in [3.05, 3.63) is 28.8 Å².